The molecule has 0 bridgehead atoms. The van der Waals surface area contributed by atoms with Crippen LogP contribution in [0.15, 0.2) is 22.8 Å². The molecule has 1 aliphatic rings. The molecule has 1 N–H and O–H groups in total. The highest BCUT2D eigenvalue weighted by Crippen LogP contribution is 2.21. The highest BCUT2D eigenvalue weighted by molar-refractivity contribution is 4.98. The first-order valence-corrected chi connectivity index (χ1v) is 5.13. The van der Waals surface area contributed by atoms with Gasteiger partial charge in [0.1, 0.15) is 5.76 Å². The molecule has 1 aromatic heterocycles. The fourth-order valence-corrected chi connectivity index (χ4v) is 2.08. The number of likely N-dealkylation sites (tertiary alicyclic amines) is 1. The largest absolute Gasteiger partial charge is 0.468 e. The van der Waals surface area contributed by atoms with Crippen LogP contribution in [0.25, 0.3) is 0 Å². The minimum atomic E-state index is -0.523. The fourth-order valence-electron chi connectivity index (χ4n) is 2.08. The molecule has 0 spiro atoms. The average Bonchev–Trinajstić information content (AvgIpc) is 2.54. The molecular weight excluding hydrogens is 178 g/mol. The number of aliphatic hydroxyl groups is 1. The lowest BCUT2D eigenvalue weighted by Crippen LogP contribution is -2.45. The maximum Gasteiger partial charge on any atom is 0.117 e. The lowest BCUT2D eigenvalue weighted by molar-refractivity contribution is -0.0198. The van der Waals surface area contributed by atoms with Crippen molar-refractivity contribution in [2.24, 2.45) is 0 Å². The number of hydrogen-bond donors (Lipinski definition) is 1. The molecule has 1 aliphatic heterocycles. The van der Waals surface area contributed by atoms with Gasteiger partial charge in [0.25, 0.3) is 0 Å². The Kier molecular flexibility index (Phi) is 2.61. The van der Waals surface area contributed by atoms with E-state index < -0.39 is 5.60 Å². The molecule has 1 atom stereocenters. The molecule has 2 heterocycles. The average molecular weight is 195 g/mol. The number of β-amino-alcohol motifs (C(OH)–C–C–N with tert-alkyl or cyclic N) is 1. The van der Waals surface area contributed by atoms with E-state index >= 15 is 0 Å². The summed E-state index contributed by atoms with van der Waals surface area (Å²) in [6.45, 7) is 4.51. The molecule has 3 nitrogen and oxygen atoms in total. The third-order valence-electron chi connectivity index (χ3n) is 2.71. The Bertz CT molecular complexity index is 279. The van der Waals surface area contributed by atoms with Crippen LogP contribution in [0.4, 0.5) is 0 Å². The molecule has 0 aliphatic carbocycles. The Morgan fingerprint density at radius 1 is 1.64 bits per heavy atom. The molecule has 78 valence electrons. The van der Waals surface area contributed by atoms with Gasteiger partial charge in [-0.05, 0) is 38.4 Å². The second-order valence-corrected chi connectivity index (χ2v) is 4.39. The van der Waals surface area contributed by atoms with E-state index in [1.54, 1.807) is 6.26 Å². The topological polar surface area (TPSA) is 36.6 Å². The summed E-state index contributed by atoms with van der Waals surface area (Å²) in [6, 6.07) is 3.88. The second-order valence-electron chi connectivity index (χ2n) is 4.39. The minimum Gasteiger partial charge on any atom is -0.468 e. The summed E-state index contributed by atoms with van der Waals surface area (Å²) in [6.07, 6.45) is 3.66. The van der Waals surface area contributed by atoms with Crippen molar-refractivity contribution >= 4 is 0 Å². The summed E-state index contributed by atoms with van der Waals surface area (Å²) in [5.41, 5.74) is -0.523. The molecule has 1 unspecified atom stereocenters. The Hall–Kier alpha value is -0.800. The maximum atomic E-state index is 9.90. The number of rotatable bonds is 2. The van der Waals surface area contributed by atoms with Gasteiger partial charge in [-0.2, -0.15) is 0 Å². The molecule has 14 heavy (non-hydrogen) atoms. The Morgan fingerprint density at radius 3 is 3.14 bits per heavy atom. The minimum absolute atomic E-state index is 0.523. The maximum absolute atomic E-state index is 9.90. The van der Waals surface area contributed by atoms with E-state index in [2.05, 4.69) is 4.90 Å². The first-order chi connectivity index (χ1) is 6.66. The van der Waals surface area contributed by atoms with Crippen LogP contribution in [-0.4, -0.2) is 28.7 Å². The van der Waals surface area contributed by atoms with Crippen molar-refractivity contribution in [2.75, 3.05) is 13.1 Å². The molecule has 0 aromatic carbocycles. The van der Waals surface area contributed by atoms with E-state index in [0.29, 0.717) is 0 Å². The van der Waals surface area contributed by atoms with Crippen LogP contribution in [0, 0.1) is 0 Å². The van der Waals surface area contributed by atoms with Crippen molar-refractivity contribution in [1.82, 2.24) is 4.90 Å². The van der Waals surface area contributed by atoms with Gasteiger partial charge in [0, 0.05) is 6.54 Å². The fraction of sp³-hybridized carbons (Fsp3) is 0.636. The lowest BCUT2D eigenvalue weighted by atomic mass is 9.95. The SMILES string of the molecule is CC1(O)CCCN(Cc2ccco2)C1. The number of hydrogen-bond acceptors (Lipinski definition) is 3. The molecule has 0 saturated carbocycles. The predicted octanol–water partition coefficient (Wildman–Crippen LogP) is 1.63. The van der Waals surface area contributed by atoms with Crippen LogP contribution in [0.3, 0.4) is 0 Å². The molecule has 3 heteroatoms. The van der Waals surface area contributed by atoms with Crippen LogP contribution in [-0.2, 0) is 6.54 Å². The Balaban J connectivity index is 1.92. The summed E-state index contributed by atoms with van der Waals surface area (Å²) in [4.78, 5) is 2.24. The van der Waals surface area contributed by atoms with Gasteiger partial charge in [-0.15, -0.1) is 0 Å². The van der Waals surface area contributed by atoms with Gasteiger partial charge < -0.3 is 9.52 Å². The zero-order valence-electron chi connectivity index (χ0n) is 8.57. The molecule has 1 saturated heterocycles. The Labute approximate surface area is 84.3 Å². The summed E-state index contributed by atoms with van der Waals surface area (Å²) < 4.78 is 5.28. The molecule has 2 rings (SSSR count). The first-order valence-electron chi connectivity index (χ1n) is 5.13. The lowest BCUT2D eigenvalue weighted by Gasteiger charge is -2.36. The normalized spacial score (nSPS) is 29.3. The highest BCUT2D eigenvalue weighted by atomic mass is 16.3. The molecule has 1 aromatic rings. The van der Waals surface area contributed by atoms with Gasteiger partial charge >= 0.3 is 0 Å². The molecular formula is C11H17NO2. The Morgan fingerprint density at radius 2 is 2.50 bits per heavy atom. The van der Waals surface area contributed by atoms with E-state index in [1.165, 1.54) is 0 Å². The van der Waals surface area contributed by atoms with Crippen molar-refractivity contribution in [3.63, 3.8) is 0 Å². The van der Waals surface area contributed by atoms with Crippen LogP contribution >= 0.6 is 0 Å². The monoisotopic (exact) mass is 195 g/mol. The van der Waals surface area contributed by atoms with Crippen LogP contribution in [0.1, 0.15) is 25.5 Å². The molecule has 0 radical (unpaired) electrons. The van der Waals surface area contributed by atoms with Gasteiger partial charge in [0.2, 0.25) is 0 Å². The van der Waals surface area contributed by atoms with E-state index in [1.807, 2.05) is 19.1 Å². The van der Waals surface area contributed by atoms with E-state index in [9.17, 15) is 5.11 Å². The summed E-state index contributed by atoms with van der Waals surface area (Å²) >= 11 is 0. The summed E-state index contributed by atoms with van der Waals surface area (Å²) in [5.74, 6) is 0.975. The summed E-state index contributed by atoms with van der Waals surface area (Å²) in [5, 5.41) is 9.90. The standard InChI is InChI=1S/C11H17NO2/c1-11(13)5-3-6-12(9-11)8-10-4-2-7-14-10/h2,4,7,13H,3,5-6,8-9H2,1H3. The second kappa shape index (κ2) is 3.75. The zero-order chi connectivity index (χ0) is 10.0. The quantitative estimate of drug-likeness (QED) is 0.779. The van der Waals surface area contributed by atoms with Crippen molar-refractivity contribution in [1.29, 1.82) is 0 Å². The highest BCUT2D eigenvalue weighted by Gasteiger charge is 2.28. The van der Waals surface area contributed by atoms with Gasteiger partial charge in [-0.3, -0.25) is 4.90 Å². The predicted molar refractivity (Wildman–Crippen MR) is 53.8 cm³/mol. The first kappa shape index (κ1) is 9.74. The van der Waals surface area contributed by atoms with E-state index in [0.717, 1.165) is 38.2 Å². The van der Waals surface area contributed by atoms with Crippen LogP contribution in [0.2, 0.25) is 0 Å². The van der Waals surface area contributed by atoms with Crippen molar-refractivity contribution < 1.29 is 9.52 Å². The van der Waals surface area contributed by atoms with Crippen LogP contribution in [0.5, 0.6) is 0 Å². The summed E-state index contributed by atoms with van der Waals surface area (Å²) in [7, 11) is 0. The van der Waals surface area contributed by atoms with Crippen molar-refractivity contribution in [3.8, 4) is 0 Å². The number of nitrogens with zero attached hydrogens (tertiary/aromatic N) is 1. The third-order valence-corrected chi connectivity index (χ3v) is 2.71. The number of piperidine rings is 1. The smallest absolute Gasteiger partial charge is 0.117 e. The molecule has 0 amide bonds. The van der Waals surface area contributed by atoms with E-state index in [4.69, 9.17) is 4.42 Å². The van der Waals surface area contributed by atoms with Crippen molar-refractivity contribution in [3.05, 3.63) is 24.2 Å². The van der Waals surface area contributed by atoms with Gasteiger partial charge in [0.05, 0.1) is 18.4 Å². The van der Waals surface area contributed by atoms with Crippen LogP contribution < -0.4 is 0 Å². The molecule has 1 fully saturated rings. The number of furan rings is 1. The van der Waals surface area contributed by atoms with E-state index in [-0.39, 0.29) is 0 Å². The van der Waals surface area contributed by atoms with Gasteiger partial charge in [-0.25, -0.2) is 0 Å². The third kappa shape index (κ3) is 2.36. The zero-order valence-corrected chi connectivity index (χ0v) is 8.57. The van der Waals surface area contributed by atoms with Crippen molar-refractivity contribution in [2.45, 2.75) is 31.9 Å². The van der Waals surface area contributed by atoms with Gasteiger partial charge in [0.15, 0.2) is 0 Å². The van der Waals surface area contributed by atoms with Gasteiger partial charge in [-0.1, -0.05) is 0 Å².